The van der Waals surface area contributed by atoms with E-state index in [-0.39, 0.29) is 5.91 Å². The van der Waals surface area contributed by atoms with Gasteiger partial charge in [0.15, 0.2) is 0 Å². The molecule has 1 amide bonds. The standard InChI is InChI=1S/C29H29N3O2/c1-19(2)21-12-14-24(15-13-21)32-28(33)23-11-10-20(3)27(18-23)34-29-26(9-6-16-31-29)22-7-5-8-25(17-22)30-4/h5-19,30H,1-4H3,(H,32,33). The Labute approximate surface area is 200 Å². The van der Waals surface area contributed by atoms with Crippen LogP contribution in [0, 0.1) is 6.92 Å². The fourth-order valence-electron chi connectivity index (χ4n) is 3.64. The number of ether oxygens (including phenoxy) is 1. The van der Waals surface area contributed by atoms with E-state index in [1.54, 1.807) is 18.3 Å². The molecule has 5 heteroatoms. The van der Waals surface area contributed by atoms with Crippen molar-refractivity contribution in [3.63, 3.8) is 0 Å². The zero-order chi connectivity index (χ0) is 24.1. The number of aromatic nitrogens is 1. The highest BCUT2D eigenvalue weighted by molar-refractivity contribution is 6.04. The molecule has 0 bridgehead atoms. The number of hydrogen-bond acceptors (Lipinski definition) is 4. The van der Waals surface area contributed by atoms with Crippen molar-refractivity contribution in [3.05, 3.63) is 102 Å². The van der Waals surface area contributed by atoms with Gasteiger partial charge >= 0.3 is 0 Å². The molecule has 1 heterocycles. The minimum absolute atomic E-state index is 0.190. The predicted octanol–water partition coefficient (Wildman–Crippen LogP) is 7.27. The molecule has 0 saturated heterocycles. The Bertz CT molecular complexity index is 1300. The first-order chi connectivity index (χ1) is 16.4. The molecule has 0 atom stereocenters. The molecule has 0 saturated carbocycles. The molecule has 3 aromatic carbocycles. The SMILES string of the molecule is CNc1cccc(-c2cccnc2Oc2cc(C(=O)Nc3ccc(C(C)C)cc3)ccc2C)c1. The van der Waals surface area contributed by atoms with Crippen molar-refractivity contribution in [1.29, 1.82) is 0 Å². The molecular weight excluding hydrogens is 422 g/mol. The number of nitrogens with zero attached hydrogens (tertiary/aromatic N) is 1. The van der Waals surface area contributed by atoms with Gasteiger partial charge in [0.05, 0.1) is 0 Å². The second-order valence-electron chi connectivity index (χ2n) is 8.50. The largest absolute Gasteiger partial charge is 0.438 e. The number of aryl methyl sites for hydroxylation is 1. The first kappa shape index (κ1) is 23.1. The van der Waals surface area contributed by atoms with Crippen molar-refractivity contribution in [1.82, 2.24) is 4.98 Å². The molecule has 0 radical (unpaired) electrons. The molecule has 0 unspecified atom stereocenters. The number of pyridine rings is 1. The third kappa shape index (κ3) is 5.26. The average molecular weight is 452 g/mol. The monoisotopic (exact) mass is 451 g/mol. The van der Waals surface area contributed by atoms with Gasteiger partial charge in [0, 0.05) is 35.7 Å². The molecule has 34 heavy (non-hydrogen) atoms. The van der Waals surface area contributed by atoms with Crippen LogP contribution in [0.4, 0.5) is 11.4 Å². The van der Waals surface area contributed by atoms with Gasteiger partial charge in [-0.25, -0.2) is 4.98 Å². The van der Waals surface area contributed by atoms with Gasteiger partial charge < -0.3 is 15.4 Å². The second kappa shape index (κ2) is 10.2. The summed E-state index contributed by atoms with van der Waals surface area (Å²) < 4.78 is 6.24. The lowest BCUT2D eigenvalue weighted by Crippen LogP contribution is -2.12. The lowest BCUT2D eigenvalue weighted by Gasteiger charge is -2.14. The maximum atomic E-state index is 12.9. The van der Waals surface area contributed by atoms with Gasteiger partial charge in [-0.15, -0.1) is 0 Å². The summed E-state index contributed by atoms with van der Waals surface area (Å²) in [5.41, 5.74) is 6.29. The van der Waals surface area contributed by atoms with E-state index in [1.165, 1.54) is 5.56 Å². The third-order valence-corrected chi connectivity index (χ3v) is 5.73. The maximum absolute atomic E-state index is 12.9. The van der Waals surface area contributed by atoms with E-state index in [2.05, 4.69) is 29.5 Å². The van der Waals surface area contributed by atoms with E-state index in [4.69, 9.17) is 4.74 Å². The smallest absolute Gasteiger partial charge is 0.255 e. The van der Waals surface area contributed by atoms with Crippen LogP contribution in [0.15, 0.2) is 85.1 Å². The van der Waals surface area contributed by atoms with Crippen LogP contribution in [0.3, 0.4) is 0 Å². The van der Waals surface area contributed by atoms with Crippen LogP contribution in [-0.2, 0) is 0 Å². The van der Waals surface area contributed by atoms with Crippen molar-refractivity contribution in [2.24, 2.45) is 0 Å². The number of benzene rings is 3. The van der Waals surface area contributed by atoms with Crippen molar-refractivity contribution in [2.75, 3.05) is 17.7 Å². The summed E-state index contributed by atoms with van der Waals surface area (Å²) in [6.07, 6.45) is 1.70. The summed E-state index contributed by atoms with van der Waals surface area (Å²) in [6.45, 7) is 6.24. The topological polar surface area (TPSA) is 63.3 Å². The normalized spacial score (nSPS) is 10.7. The number of rotatable bonds is 7. The highest BCUT2D eigenvalue weighted by Crippen LogP contribution is 2.34. The number of nitrogens with one attached hydrogen (secondary N) is 2. The summed E-state index contributed by atoms with van der Waals surface area (Å²) in [6, 6.07) is 25.3. The molecule has 0 aliphatic carbocycles. The van der Waals surface area contributed by atoms with E-state index in [9.17, 15) is 4.79 Å². The van der Waals surface area contributed by atoms with E-state index < -0.39 is 0 Å². The van der Waals surface area contributed by atoms with E-state index in [0.717, 1.165) is 28.1 Å². The predicted molar refractivity (Wildman–Crippen MR) is 139 cm³/mol. The molecular formula is C29H29N3O2. The number of amides is 1. The number of carbonyl (C=O) groups excluding carboxylic acids is 1. The zero-order valence-corrected chi connectivity index (χ0v) is 19.9. The molecule has 2 N–H and O–H groups in total. The van der Waals surface area contributed by atoms with E-state index in [1.807, 2.05) is 80.7 Å². The first-order valence-corrected chi connectivity index (χ1v) is 11.4. The van der Waals surface area contributed by atoms with Crippen LogP contribution in [-0.4, -0.2) is 17.9 Å². The Morgan fingerprint density at radius 3 is 2.44 bits per heavy atom. The highest BCUT2D eigenvalue weighted by Gasteiger charge is 2.14. The van der Waals surface area contributed by atoms with Gasteiger partial charge in [-0.1, -0.05) is 44.2 Å². The Hall–Kier alpha value is -4.12. The van der Waals surface area contributed by atoms with Gasteiger partial charge in [0.25, 0.3) is 5.91 Å². The molecule has 0 spiro atoms. The molecule has 0 aliphatic heterocycles. The number of carbonyl (C=O) groups is 1. The maximum Gasteiger partial charge on any atom is 0.255 e. The first-order valence-electron chi connectivity index (χ1n) is 11.4. The number of anilines is 2. The number of hydrogen-bond donors (Lipinski definition) is 2. The summed E-state index contributed by atoms with van der Waals surface area (Å²) in [5.74, 6) is 1.33. The van der Waals surface area contributed by atoms with Crippen molar-refractivity contribution < 1.29 is 9.53 Å². The highest BCUT2D eigenvalue weighted by atomic mass is 16.5. The third-order valence-electron chi connectivity index (χ3n) is 5.73. The lowest BCUT2D eigenvalue weighted by molar-refractivity contribution is 0.102. The summed E-state index contributed by atoms with van der Waals surface area (Å²) >= 11 is 0. The zero-order valence-electron chi connectivity index (χ0n) is 19.9. The fourth-order valence-corrected chi connectivity index (χ4v) is 3.64. The van der Waals surface area contributed by atoms with Crippen LogP contribution in [0.5, 0.6) is 11.6 Å². The Balaban J connectivity index is 1.58. The van der Waals surface area contributed by atoms with Crippen LogP contribution in [0.1, 0.15) is 41.3 Å². The van der Waals surface area contributed by atoms with Crippen LogP contribution < -0.4 is 15.4 Å². The molecule has 1 aromatic heterocycles. The van der Waals surface area contributed by atoms with Gasteiger partial charge in [-0.2, -0.15) is 0 Å². The molecule has 5 nitrogen and oxygen atoms in total. The summed E-state index contributed by atoms with van der Waals surface area (Å²) in [5, 5.41) is 6.13. The van der Waals surface area contributed by atoms with E-state index >= 15 is 0 Å². The van der Waals surface area contributed by atoms with Crippen LogP contribution >= 0.6 is 0 Å². The lowest BCUT2D eigenvalue weighted by atomic mass is 10.0. The molecule has 4 rings (SSSR count). The summed E-state index contributed by atoms with van der Waals surface area (Å²) in [4.78, 5) is 17.4. The summed E-state index contributed by atoms with van der Waals surface area (Å²) in [7, 11) is 1.89. The Kier molecular flexibility index (Phi) is 6.93. The van der Waals surface area contributed by atoms with Gasteiger partial charge in [0.2, 0.25) is 5.88 Å². The minimum Gasteiger partial charge on any atom is -0.438 e. The van der Waals surface area contributed by atoms with E-state index in [0.29, 0.717) is 23.1 Å². The molecule has 4 aromatic rings. The van der Waals surface area contributed by atoms with Crippen LogP contribution in [0.25, 0.3) is 11.1 Å². The van der Waals surface area contributed by atoms with Gasteiger partial charge in [-0.3, -0.25) is 4.79 Å². The van der Waals surface area contributed by atoms with Crippen LogP contribution in [0.2, 0.25) is 0 Å². The molecule has 172 valence electrons. The Morgan fingerprint density at radius 1 is 0.912 bits per heavy atom. The van der Waals surface area contributed by atoms with Gasteiger partial charge in [0.1, 0.15) is 5.75 Å². The fraction of sp³-hybridized carbons (Fsp3) is 0.172. The second-order valence-corrected chi connectivity index (χ2v) is 8.50. The van der Waals surface area contributed by atoms with Gasteiger partial charge in [-0.05, 0) is 78.1 Å². The van der Waals surface area contributed by atoms with Crippen molar-refractivity contribution in [3.8, 4) is 22.8 Å². The Morgan fingerprint density at radius 2 is 1.71 bits per heavy atom. The average Bonchev–Trinajstić information content (AvgIpc) is 2.86. The van der Waals surface area contributed by atoms with Crippen molar-refractivity contribution >= 4 is 17.3 Å². The molecule has 0 aliphatic rings. The quantitative estimate of drug-likeness (QED) is 0.310. The molecule has 0 fully saturated rings. The van der Waals surface area contributed by atoms with Crippen molar-refractivity contribution in [2.45, 2.75) is 26.7 Å². The minimum atomic E-state index is -0.190.